The number of carbonyl (C=O) groups excluding carboxylic acids is 2. The zero-order valence-electron chi connectivity index (χ0n) is 23.2. The van der Waals surface area contributed by atoms with E-state index >= 15 is 0 Å². The molecule has 0 spiro atoms. The van der Waals surface area contributed by atoms with Crippen molar-refractivity contribution in [2.24, 2.45) is 0 Å². The molecule has 6 rings (SSSR count). The van der Waals surface area contributed by atoms with Gasteiger partial charge in [-0.1, -0.05) is 5.92 Å². The summed E-state index contributed by atoms with van der Waals surface area (Å²) in [5.74, 6) is 2.18. The quantitative estimate of drug-likeness (QED) is 0.194. The van der Waals surface area contributed by atoms with Crippen LogP contribution in [0.25, 0.3) is 22.0 Å². The maximum atomic E-state index is 13.7. The third kappa shape index (κ3) is 5.67. The fourth-order valence-corrected chi connectivity index (χ4v) is 7.08. The predicted octanol–water partition coefficient (Wildman–Crippen LogP) is 1.77. The molecule has 1 aromatic carbocycles. The van der Waals surface area contributed by atoms with Crippen LogP contribution >= 0.6 is 0 Å². The second kappa shape index (κ2) is 11.5. The summed E-state index contributed by atoms with van der Waals surface area (Å²) in [6.45, 7) is 1.32. The zero-order chi connectivity index (χ0) is 30.1. The van der Waals surface area contributed by atoms with E-state index in [1.807, 2.05) is 0 Å². The van der Waals surface area contributed by atoms with Gasteiger partial charge in [0.15, 0.2) is 12.4 Å². The summed E-state index contributed by atoms with van der Waals surface area (Å²) in [4.78, 5) is 40.9. The van der Waals surface area contributed by atoms with Gasteiger partial charge in [-0.3, -0.25) is 9.59 Å². The van der Waals surface area contributed by atoms with Gasteiger partial charge in [0.1, 0.15) is 5.03 Å². The van der Waals surface area contributed by atoms with Crippen molar-refractivity contribution in [3.63, 3.8) is 0 Å². The second-order valence-corrected chi connectivity index (χ2v) is 12.5. The highest BCUT2D eigenvalue weighted by molar-refractivity contribution is 7.89. The van der Waals surface area contributed by atoms with E-state index in [0.717, 1.165) is 12.0 Å². The Morgan fingerprint density at radius 1 is 1.09 bits per heavy atom. The van der Waals surface area contributed by atoms with Gasteiger partial charge in [-0.25, -0.2) is 18.4 Å². The SMILES string of the molecule is C#Cc1ccc2[nH]c(S(=O)(=O)N3CCN(C(=O)c4ncc(-c5cc[n+]([O-])cc5)cn4)C(CCN4CCCC4=O)C3)cc2c1. The molecule has 2 amide bonds. The van der Waals surface area contributed by atoms with Crippen molar-refractivity contribution in [1.29, 1.82) is 0 Å². The number of rotatable bonds is 7. The zero-order valence-corrected chi connectivity index (χ0v) is 24.0. The lowest BCUT2D eigenvalue weighted by Crippen LogP contribution is -2.57. The van der Waals surface area contributed by atoms with Crippen LogP contribution < -0.4 is 4.73 Å². The summed E-state index contributed by atoms with van der Waals surface area (Å²) in [6.07, 6.45) is 12.9. The Morgan fingerprint density at radius 3 is 2.56 bits per heavy atom. The molecule has 1 atom stereocenters. The number of amides is 2. The van der Waals surface area contributed by atoms with Crippen molar-refractivity contribution in [3.8, 4) is 23.5 Å². The maximum Gasteiger partial charge on any atom is 0.291 e. The van der Waals surface area contributed by atoms with Crippen molar-refractivity contribution in [2.75, 3.05) is 32.7 Å². The summed E-state index contributed by atoms with van der Waals surface area (Å²) in [6, 6.07) is 9.56. The minimum atomic E-state index is -3.93. The van der Waals surface area contributed by atoms with Crippen LogP contribution in [0.15, 0.2) is 66.2 Å². The van der Waals surface area contributed by atoms with Crippen LogP contribution in [0.2, 0.25) is 0 Å². The predicted molar refractivity (Wildman–Crippen MR) is 157 cm³/mol. The van der Waals surface area contributed by atoms with E-state index in [1.165, 1.54) is 29.1 Å². The first-order chi connectivity index (χ1) is 20.7. The fourth-order valence-electron chi connectivity index (χ4n) is 5.60. The highest BCUT2D eigenvalue weighted by atomic mass is 32.2. The average molecular weight is 600 g/mol. The van der Waals surface area contributed by atoms with Crippen LogP contribution in [-0.2, 0) is 14.8 Å². The van der Waals surface area contributed by atoms with E-state index in [1.54, 1.807) is 46.2 Å². The highest BCUT2D eigenvalue weighted by Gasteiger charge is 2.38. The Balaban J connectivity index is 1.24. The van der Waals surface area contributed by atoms with E-state index in [9.17, 15) is 23.2 Å². The molecular weight excluding hydrogens is 570 g/mol. The molecule has 0 radical (unpaired) electrons. The lowest BCUT2D eigenvalue weighted by atomic mass is 10.1. The van der Waals surface area contributed by atoms with Crippen molar-refractivity contribution < 1.29 is 22.7 Å². The number of sulfonamides is 1. The number of aromatic nitrogens is 4. The number of aromatic amines is 1. The third-order valence-corrected chi connectivity index (χ3v) is 9.76. The molecule has 1 unspecified atom stereocenters. The standard InChI is InChI=1S/C30H29N7O5S/c1-2-21-5-6-26-23(16-21)17-27(33-26)43(41,42)36-14-15-37(25(20-36)9-11-34-10-3-4-28(34)38)30(39)29-31-18-24(19-32-29)22-7-12-35(40)13-8-22/h1,5-8,12-13,16-19,25,33H,3-4,9-11,14-15,20H2. The van der Waals surface area contributed by atoms with Crippen LogP contribution in [0.1, 0.15) is 35.4 Å². The van der Waals surface area contributed by atoms with Gasteiger partial charge in [0.05, 0.1) is 0 Å². The number of piperazine rings is 1. The van der Waals surface area contributed by atoms with E-state index in [4.69, 9.17) is 6.42 Å². The number of likely N-dealkylation sites (tertiary alicyclic amines) is 1. The number of fused-ring (bicyclic) bond motifs is 1. The first-order valence-electron chi connectivity index (χ1n) is 13.9. The Kier molecular flexibility index (Phi) is 7.55. The highest BCUT2D eigenvalue weighted by Crippen LogP contribution is 2.26. The monoisotopic (exact) mass is 599 g/mol. The molecule has 0 bridgehead atoms. The summed E-state index contributed by atoms with van der Waals surface area (Å²) >= 11 is 0. The van der Waals surface area contributed by atoms with Crippen molar-refractivity contribution in [2.45, 2.75) is 30.3 Å². The Bertz CT molecular complexity index is 1830. The molecule has 0 aliphatic carbocycles. The number of nitrogens with one attached hydrogen (secondary N) is 1. The molecule has 2 aliphatic heterocycles. The van der Waals surface area contributed by atoms with Gasteiger partial charge in [-0.15, -0.1) is 6.42 Å². The molecule has 4 aromatic rings. The van der Waals surface area contributed by atoms with Gasteiger partial charge < -0.3 is 20.0 Å². The number of benzene rings is 1. The lowest BCUT2D eigenvalue weighted by Gasteiger charge is -2.40. The largest absolute Gasteiger partial charge is 0.619 e. The summed E-state index contributed by atoms with van der Waals surface area (Å²) in [5, 5.41) is 12.1. The van der Waals surface area contributed by atoms with Gasteiger partial charge in [-0.05, 0) is 42.7 Å². The minimum Gasteiger partial charge on any atom is -0.619 e. The second-order valence-electron chi connectivity index (χ2n) is 10.6. The van der Waals surface area contributed by atoms with Crippen LogP contribution in [0.4, 0.5) is 0 Å². The molecule has 1 N–H and O–H groups in total. The maximum absolute atomic E-state index is 13.7. The topological polar surface area (TPSA) is 147 Å². The summed E-state index contributed by atoms with van der Waals surface area (Å²) in [7, 11) is -3.93. The van der Waals surface area contributed by atoms with E-state index < -0.39 is 22.0 Å². The normalized spacial score (nSPS) is 17.8. The lowest BCUT2D eigenvalue weighted by molar-refractivity contribution is -0.605. The molecule has 13 heteroatoms. The number of hydrogen-bond acceptors (Lipinski definition) is 7. The van der Waals surface area contributed by atoms with Crippen LogP contribution in [-0.4, -0.2) is 88.1 Å². The van der Waals surface area contributed by atoms with Gasteiger partial charge in [0, 0.05) is 91.7 Å². The number of H-pyrrole nitrogens is 1. The Labute approximate surface area is 248 Å². The van der Waals surface area contributed by atoms with Crippen LogP contribution in [0.3, 0.4) is 0 Å². The average Bonchev–Trinajstić information content (AvgIpc) is 3.65. The number of terminal acetylenes is 1. The van der Waals surface area contributed by atoms with Gasteiger partial charge in [-0.2, -0.15) is 9.04 Å². The molecule has 2 aliphatic rings. The van der Waals surface area contributed by atoms with E-state index in [-0.39, 0.29) is 36.4 Å². The minimum absolute atomic E-state index is 0.0166. The van der Waals surface area contributed by atoms with Gasteiger partial charge in [0.2, 0.25) is 11.7 Å². The van der Waals surface area contributed by atoms with Gasteiger partial charge >= 0.3 is 0 Å². The number of hydrogen-bond donors (Lipinski definition) is 1. The molecular formula is C30H29N7O5S. The first kappa shape index (κ1) is 28.3. The van der Waals surface area contributed by atoms with Crippen LogP contribution in [0.5, 0.6) is 0 Å². The summed E-state index contributed by atoms with van der Waals surface area (Å²) < 4.78 is 29.5. The van der Waals surface area contributed by atoms with Crippen molar-refractivity contribution in [1.82, 2.24) is 29.1 Å². The number of carbonyl (C=O) groups is 2. The molecule has 220 valence electrons. The molecule has 43 heavy (non-hydrogen) atoms. The van der Waals surface area contributed by atoms with E-state index in [2.05, 4.69) is 20.9 Å². The molecule has 3 aromatic heterocycles. The third-order valence-electron chi connectivity index (χ3n) is 7.97. The number of pyridine rings is 1. The molecule has 0 saturated carbocycles. The smallest absolute Gasteiger partial charge is 0.291 e. The van der Waals surface area contributed by atoms with Crippen molar-refractivity contribution in [3.05, 3.63) is 77.8 Å². The first-order valence-corrected chi connectivity index (χ1v) is 15.4. The Morgan fingerprint density at radius 2 is 1.86 bits per heavy atom. The summed E-state index contributed by atoms with van der Waals surface area (Å²) in [5.41, 5.74) is 2.67. The molecule has 2 fully saturated rings. The fraction of sp³-hybridized carbons (Fsp3) is 0.300. The molecule has 5 heterocycles. The number of nitrogens with zero attached hydrogens (tertiary/aromatic N) is 6. The van der Waals surface area contributed by atoms with Crippen LogP contribution in [0, 0.1) is 17.6 Å². The van der Waals surface area contributed by atoms with Gasteiger partial charge in [0.25, 0.3) is 15.9 Å². The Hall–Kier alpha value is -4.80. The van der Waals surface area contributed by atoms with Crippen molar-refractivity contribution >= 4 is 32.7 Å². The van der Waals surface area contributed by atoms with E-state index in [0.29, 0.717) is 52.7 Å². The molecule has 2 saturated heterocycles. The molecule has 12 nitrogen and oxygen atoms in total.